The van der Waals surface area contributed by atoms with Gasteiger partial charge in [0.25, 0.3) is 0 Å². The number of aromatic amines is 1. The van der Waals surface area contributed by atoms with Crippen molar-refractivity contribution in [1.29, 1.82) is 0 Å². The van der Waals surface area contributed by atoms with Gasteiger partial charge in [0, 0.05) is 23.6 Å². The van der Waals surface area contributed by atoms with Crippen molar-refractivity contribution in [3.63, 3.8) is 0 Å². The Hall–Kier alpha value is -2.95. The number of ether oxygens (including phenoxy) is 1. The number of hydrogen-bond donors (Lipinski definition) is 3. The first kappa shape index (κ1) is 17.9. The maximum absolute atomic E-state index is 12.0. The van der Waals surface area contributed by atoms with Crippen molar-refractivity contribution in [3.8, 4) is 5.75 Å². The molecular formula is C21H25N3O2. The summed E-state index contributed by atoms with van der Waals surface area (Å²) >= 11 is 0. The van der Waals surface area contributed by atoms with Crippen LogP contribution in [0.1, 0.15) is 18.1 Å². The largest absolute Gasteiger partial charge is 0.489 e. The van der Waals surface area contributed by atoms with Crippen molar-refractivity contribution < 1.29 is 9.53 Å². The minimum Gasteiger partial charge on any atom is -0.489 e. The normalized spacial score (nSPS) is 11.9. The zero-order valence-electron chi connectivity index (χ0n) is 15.2. The highest BCUT2D eigenvalue weighted by molar-refractivity contribution is 5.83. The minimum absolute atomic E-state index is 0.0972. The van der Waals surface area contributed by atoms with E-state index in [2.05, 4.69) is 40.7 Å². The molecule has 0 saturated carbocycles. The number of carbonyl (C=O) groups is 1. The van der Waals surface area contributed by atoms with Crippen molar-refractivity contribution in [2.24, 2.45) is 0 Å². The van der Waals surface area contributed by atoms with Crippen LogP contribution in [-0.4, -0.2) is 30.2 Å². The molecule has 2 amide bonds. The number of amides is 2. The second kappa shape index (κ2) is 8.43. The van der Waals surface area contributed by atoms with Crippen LogP contribution in [0.4, 0.5) is 4.79 Å². The van der Waals surface area contributed by atoms with Gasteiger partial charge < -0.3 is 20.4 Å². The van der Waals surface area contributed by atoms with Gasteiger partial charge in [-0.2, -0.15) is 0 Å². The molecule has 0 fully saturated rings. The van der Waals surface area contributed by atoms with E-state index in [0.717, 1.165) is 17.7 Å². The lowest BCUT2D eigenvalue weighted by Crippen LogP contribution is -2.41. The zero-order chi connectivity index (χ0) is 18.4. The predicted molar refractivity (Wildman–Crippen MR) is 105 cm³/mol. The first-order chi connectivity index (χ1) is 12.6. The van der Waals surface area contributed by atoms with Gasteiger partial charge in [-0.3, -0.25) is 0 Å². The molecule has 0 aliphatic heterocycles. The van der Waals surface area contributed by atoms with Crippen LogP contribution in [-0.2, 0) is 6.42 Å². The van der Waals surface area contributed by atoms with Gasteiger partial charge in [0.15, 0.2) is 0 Å². The number of para-hydroxylation sites is 1. The van der Waals surface area contributed by atoms with Gasteiger partial charge in [-0.05, 0) is 49.6 Å². The van der Waals surface area contributed by atoms with Crippen molar-refractivity contribution >= 4 is 16.9 Å². The first-order valence-corrected chi connectivity index (χ1v) is 8.92. The van der Waals surface area contributed by atoms with Crippen LogP contribution < -0.4 is 15.4 Å². The average Bonchev–Trinajstić information content (AvgIpc) is 3.03. The third-order valence-electron chi connectivity index (χ3n) is 4.23. The Kier molecular flexibility index (Phi) is 5.79. The molecule has 0 spiro atoms. The zero-order valence-corrected chi connectivity index (χ0v) is 15.2. The summed E-state index contributed by atoms with van der Waals surface area (Å²) in [7, 11) is 0. The van der Waals surface area contributed by atoms with Crippen molar-refractivity contribution in [2.45, 2.75) is 26.4 Å². The van der Waals surface area contributed by atoms with Gasteiger partial charge in [-0.1, -0.05) is 30.3 Å². The van der Waals surface area contributed by atoms with Crippen LogP contribution in [0, 0.1) is 6.92 Å². The minimum atomic E-state index is -0.177. The summed E-state index contributed by atoms with van der Waals surface area (Å²) in [6.07, 6.45) is 2.70. The van der Waals surface area contributed by atoms with E-state index in [9.17, 15) is 4.79 Å². The fourth-order valence-electron chi connectivity index (χ4n) is 2.89. The Morgan fingerprint density at radius 2 is 1.96 bits per heavy atom. The van der Waals surface area contributed by atoms with Gasteiger partial charge in [-0.25, -0.2) is 4.79 Å². The second-order valence-electron chi connectivity index (χ2n) is 6.49. The van der Waals surface area contributed by atoms with Crippen LogP contribution >= 0.6 is 0 Å². The molecule has 136 valence electrons. The molecule has 1 atom stereocenters. The van der Waals surface area contributed by atoms with E-state index in [1.807, 2.05) is 43.5 Å². The van der Waals surface area contributed by atoms with E-state index >= 15 is 0 Å². The Balaban J connectivity index is 1.40. The Morgan fingerprint density at radius 3 is 2.77 bits per heavy atom. The lowest BCUT2D eigenvalue weighted by atomic mass is 10.1. The summed E-state index contributed by atoms with van der Waals surface area (Å²) in [6, 6.07) is 15.8. The van der Waals surface area contributed by atoms with E-state index in [1.165, 1.54) is 16.5 Å². The number of aryl methyl sites for hydroxylation is 1. The smallest absolute Gasteiger partial charge is 0.314 e. The van der Waals surface area contributed by atoms with Gasteiger partial charge in [0.2, 0.25) is 0 Å². The number of carbonyl (C=O) groups excluding carboxylic acids is 1. The third-order valence-corrected chi connectivity index (χ3v) is 4.23. The molecule has 26 heavy (non-hydrogen) atoms. The number of aromatic nitrogens is 1. The van der Waals surface area contributed by atoms with Crippen LogP contribution in [0.15, 0.2) is 54.7 Å². The Morgan fingerprint density at radius 1 is 1.15 bits per heavy atom. The molecule has 0 bridgehead atoms. The van der Waals surface area contributed by atoms with Crippen LogP contribution in [0.2, 0.25) is 0 Å². The molecule has 5 nitrogen and oxygen atoms in total. The SMILES string of the molecule is Cc1ccc2c(CCNC(=O)NCC(C)Oc3ccccc3)c[nH]c2c1. The van der Waals surface area contributed by atoms with Crippen molar-refractivity contribution in [1.82, 2.24) is 15.6 Å². The fourth-order valence-corrected chi connectivity index (χ4v) is 2.89. The molecule has 3 rings (SSSR count). The molecule has 0 saturated heterocycles. The molecule has 3 N–H and O–H groups in total. The number of benzene rings is 2. The molecule has 3 aromatic rings. The van der Waals surface area contributed by atoms with Gasteiger partial charge >= 0.3 is 6.03 Å². The van der Waals surface area contributed by atoms with E-state index in [1.54, 1.807) is 0 Å². The lowest BCUT2D eigenvalue weighted by molar-refractivity contribution is 0.208. The second-order valence-corrected chi connectivity index (χ2v) is 6.49. The summed E-state index contributed by atoms with van der Waals surface area (Å²) in [5.74, 6) is 0.803. The molecule has 5 heteroatoms. The summed E-state index contributed by atoms with van der Waals surface area (Å²) in [5, 5.41) is 6.95. The summed E-state index contributed by atoms with van der Waals surface area (Å²) in [5.41, 5.74) is 3.58. The van der Waals surface area contributed by atoms with E-state index in [0.29, 0.717) is 13.1 Å². The molecule has 1 heterocycles. The van der Waals surface area contributed by atoms with Gasteiger partial charge in [0.05, 0.1) is 6.54 Å². The van der Waals surface area contributed by atoms with E-state index in [-0.39, 0.29) is 12.1 Å². The van der Waals surface area contributed by atoms with Crippen LogP contribution in [0.3, 0.4) is 0 Å². The lowest BCUT2D eigenvalue weighted by Gasteiger charge is -2.15. The summed E-state index contributed by atoms with van der Waals surface area (Å²) < 4.78 is 5.74. The van der Waals surface area contributed by atoms with E-state index < -0.39 is 0 Å². The predicted octanol–water partition coefficient (Wildman–Crippen LogP) is 3.79. The number of hydrogen-bond acceptors (Lipinski definition) is 2. The Bertz CT molecular complexity index is 858. The highest BCUT2D eigenvalue weighted by Gasteiger charge is 2.08. The molecule has 0 aliphatic carbocycles. The maximum Gasteiger partial charge on any atom is 0.314 e. The number of rotatable bonds is 7. The summed E-state index contributed by atoms with van der Waals surface area (Å²) in [4.78, 5) is 15.2. The summed E-state index contributed by atoms with van der Waals surface area (Å²) in [6.45, 7) is 5.04. The fraction of sp³-hybridized carbons (Fsp3) is 0.286. The van der Waals surface area contributed by atoms with Crippen molar-refractivity contribution in [2.75, 3.05) is 13.1 Å². The highest BCUT2D eigenvalue weighted by Crippen LogP contribution is 2.19. The maximum atomic E-state index is 12.0. The van der Waals surface area contributed by atoms with Gasteiger partial charge in [-0.15, -0.1) is 0 Å². The standard InChI is InChI=1S/C21H25N3O2/c1-15-8-9-19-17(14-23-20(19)12-15)10-11-22-21(25)24-13-16(2)26-18-6-4-3-5-7-18/h3-9,12,14,16,23H,10-11,13H2,1-2H3,(H2,22,24,25). The van der Waals surface area contributed by atoms with Crippen LogP contribution in [0.5, 0.6) is 5.75 Å². The van der Waals surface area contributed by atoms with Crippen molar-refractivity contribution in [3.05, 3.63) is 65.9 Å². The molecule has 0 radical (unpaired) electrons. The molecule has 0 aliphatic rings. The average molecular weight is 351 g/mol. The van der Waals surface area contributed by atoms with E-state index in [4.69, 9.17) is 4.74 Å². The number of fused-ring (bicyclic) bond motifs is 1. The quantitative estimate of drug-likeness (QED) is 0.606. The molecule has 1 unspecified atom stereocenters. The Labute approximate surface area is 153 Å². The third kappa shape index (κ3) is 4.79. The number of urea groups is 1. The molecular weight excluding hydrogens is 326 g/mol. The van der Waals surface area contributed by atoms with Gasteiger partial charge in [0.1, 0.15) is 11.9 Å². The molecule has 2 aromatic carbocycles. The first-order valence-electron chi connectivity index (χ1n) is 8.92. The van der Waals surface area contributed by atoms with Crippen LogP contribution in [0.25, 0.3) is 10.9 Å². The highest BCUT2D eigenvalue weighted by atomic mass is 16.5. The molecule has 1 aromatic heterocycles. The topological polar surface area (TPSA) is 66.2 Å². The monoisotopic (exact) mass is 351 g/mol. The number of nitrogens with one attached hydrogen (secondary N) is 3. The number of H-pyrrole nitrogens is 1.